The lowest BCUT2D eigenvalue weighted by Crippen LogP contribution is -2.26. The zero-order valence-electron chi connectivity index (χ0n) is 20.4. The van der Waals surface area contributed by atoms with Crippen molar-refractivity contribution in [3.05, 3.63) is 83.9 Å². The third kappa shape index (κ3) is 8.86. The Bertz CT molecular complexity index is 1190. The maximum atomic E-state index is 12.4. The standard InChI is InChI=1S/C28H28F3NO5/c1-18(2)16-25(20-6-8-21(9-7-20)27(35)32-15-14-26(33)34)36-24-5-3-4-22(17-24)19-10-12-23(13-11-19)37-28(29,30)31/h3-13,17-18,25H,14-16H2,1-2H3,(H,32,35)(H,33,34). The van der Waals surface area contributed by atoms with Crippen molar-refractivity contribution in [1.29, 1.82) is 0 Å². The molecule has 1 amide bonds. The van der Waals surface area contributed by atoms with Crippen LogP contribution in [0.2, 0.25) is 0 Å². The average Bonchev–Trinajstić information content (AvgIpc) is 2.83. The van der Waals surface area contributed by atoms with Crippen molar-refractivity contribution < 1.29 is 37.3 Å². The Labute approximate surface area is 213 Å². The quantitative estimate of drug-likeness (QED) is 0.300. The van der Waals surface area contributed by atoms with E-state index < -0.39 is 12.3 Å². The second-order valence-corrected chi connectivity index (χ2v) is 8.86. The molecule has 0 aliphatic carbocycles. The van der Waals surface area contributed by atoms with Crippen molar-refractivity contribution in [2.45, 2.75) is 39.2 Å². The summed E-state index contributed by atoms with van der Waals surface area (Å²) in [5.41, 5.74) is 2.76. The zero-order valence-corrected chi connectivity index (χ0v) is 20.4. The monoisotopic (exact) mass is 515 g/mol. The van der Waals surface area contributed by atoms with Gasteiger partial charge in [-0.25, -0.2) is 0 Å². The number of hydrogen-bond donors (Lipinski definition) is 2. The number of carboxylic acid groups (broad SMARTS) is 1. The molecule has 3 aromatic carbocycles. The van der Waals surface area contributed by atoms with Crippen molar-refractivity contribution >= 4 is 11.9 Å². The summed E-state index contributed by atoms with van der Waals surface area (Å²) in [6.07, 6.45) is -4.50. The molecule has 3 aromatic rings. The smallest absolute Gasteiger partial charge is 0.486 e. The predicted octanol–water partition coefficient (Wildman–Crippen LogP) is 6.62. The van der Waals surface area contributed by atoms with Gasteiger partial charge in [0.05, 0.1) is 6.42 Å². The van der Waals surface area contributed by atoms with Gasteiger partial charge in [0.25, 0.3) is 5.91 Å². The van der Waals surface area contributed by atoms with E-state index in [0.717, 1.165) is 11.1 Å². The van der Waals surface area contributed by atoms with Gasteiger partial charge in [-0.3, -0.25) is 9.59 Å². The predicted molar refractivity (Wildman–Crippen MR) is 132 cm³/mol. The van der Waals surface area contributed by atoms with E-state index in [0.29, 0.717) is 29.2 Å². The first-order valence-electron chi connectivity index (χ1n) is 11.7. The topological polar surface area (TPSA) is 84.9 Å². The summed E-state index contributed by atoms with van der Waals surface area (Å²) in [6, 6.07) is 19.8. The van der Waals surface area contributed by atoms with Crippen LogP contribution in [0.5, 0.6) is 11.5 Å². The zero-order chi connectivity index (χ0) is 27.0. The second-order valence-electron chi connectivity index (χ2n) is 8.86. The van der Waals surface area contributed by atoms with Crippen LogP contribution in [-0.2, 0) is 4.79 Å². The molecule has 0 aliphatic rings. The number of nitrogens with one attached hydrogen (secondary N) is 1. The molecule has 3 rings (SSSR count). The first-order chi connectivity index (χ1) is 17.5. The lowest BCUT2D eigenvalue weighted by molar-refractivity contribution is -0.274. The molecule has 0 saturated carbocycles. The van der Waals surface area contributed by atoms with Crippen LogP contribution in [0.15, 0.2) is 72.8 Å². The molecule has 37 heavy (non-hydrogen) atoms. The summed E-state index contributed by atoms with van der Waals surface area (Å²) in [5, 5.41) is 11.3. The van der Waals surface area contributed by atoms with Crippen LogP contribution in [0.3, 0.4) is 0 Å². The Morgan fingerprint density at radius 1 is 0.919 bits per heavy atom. The molecule has 0 aliphatic heterocycles. The van der Waals surface area contributed by atoms with E-state index in [2.05, 4.69) is 23.9 Å². The molecule has 0 bridgehead atoms. The van der Waals surface area contributed by atoms with Crippen LogP contribution in [0, 0.1) is 5.92 Å². The van der Waals surface area contributed by atoms with E-state index in [1.165, 1.54) is 12.1 Å². The van der Waals surface area contributed by atoms with Crippen molar-refractivity contribution in [3.8, 4) is 22.6 Å². The third-order valence-corrected chi connectivity index (χ3v) is 5.39. The second kappa shape index (κ2) is 12.3. The van der Waals surface area contributed by atoms with Crippen molar-refractivity contribution in [2.75, 3.05) is 6.54 Å². The Morgan fingerprint density at radius 2 is 1.59 bits per heavy atom. The lowest BCUT2D eigenvalue weighted by Gasteiger charge is -2.22. The third-order valence-electron chi connectivity index (χ3n) is 5.39. The summed E-state index contributed by atoms with van der Waals surface area (Å²) in [6.45, 7) is 4.19. The van der Waals surface area contributed by atoms with Crippen LogP contribution < -0.4 is 14.8 Å². The van der Waals surface area contributed by atoms with Gasteiger partial charge in [-0.1, -0.05) is 50.2 Å². The van der Waals surface area contributed by atoms with E-state index in [1.54, 1.807) is 24.3 Å². The van der Waals surface area contributed by atoms with Crippen LogP contribution in [0.25, 0.3) is 11.1 Å². The number of alkyl halides is 3. The summed E-state index contributed by atoms with van der Waals surface area (Å²) >= 11 is 0. The van der Waals surface area contributed by atoms with Crippen LogP contribution in [0.4, 0.5) is 13.2 Å². The number of benzene rings is 3. The number of carbonyl (C=O) groups is 2. The van der Waals surface area contributed by atoms with Gasteiger partial charge in [-0.15, -0.1) is 13.2 Å². The number of ether oxygens (including phenoxy) is 2. The van der Waals surface area contributed by atoms with Gasteiger partial charge < -0.3 is 19.9 Å². The van der Waals surface area contributed by atoms with Crippen molar-refractivity contribution in [3.63, 3.8) is 0 Å². The summed E-state index contributed by atoms with van der Waals surface area (Å²) in [5.74, 6) is -0.725. The summed E-state index contributed by atoms with van der Waals surface area (Å²) in [4.78, 5) is 22.9. The Balaban J connectivity index is 1.74. The van der Waals surface area contributed by atoms with Crippen LogP contribution in [-0.4, -0.2) is 29.9 Å². The first kappa shape index (κ1) is 27.6. The molecule has 196 valence electrons. The largest absolute Gasteiger partial charge is 0.573 e. The highest BCUT2D eigenvalue weighted by Gasteiger charge is 2.31. The fourth-order valence-corrected chi connectivity index (χ4v) is 3.68. The Kier molecular flexibility index (Phi) is 9.16. The molecule has 1 unspecified atom stereocenters. The highest BCUT2D eigenvalue weighted by molar-refractivity contribution is 5.94. The molecule has 0 aromatic heterocycles. The number of halogens is 3. The molecule has 6 nitrogen and oxygen atoms in total. The minimum atomic E-state index is -4.75. The Morgan fingerprint density at radius 3 is 2.19 bits per heavy atom. The Hall–Kier alpha value is -4.01. The number of carbonyl (C=O) groups excluding carboxylic acids is 1. The molecule has 0 radical (unpaired) electrons. The minimum absolute atomic E-state index is 0.0451. The van der Waals surface area contributed by atoms with Crippen LogP contribution >= 0.6 is 0 Å². The van der Waals surface area contributed by atoms with E-state index in [9.17, 15) is 22.8 Å². The molecular weight excluding hydrogens is 487 g/mol. The van der Waals surface area contributed by atoms with E-state index in [-0.39, 0.29) is 30.7 Å². The average molecular weight is 516 g/mol. The molecule has 0 fully saturated rings. The van der Waals surface area contributed by atoms with Gasteiger partial charge in [0.15, 0.2) is 0 Å². The van der Waals surface area contributed by atoms with Crippen LogP contribution in [0.1, 0.15) is 48.7 Å². The van der Waals surface area contributed by atoms with Gasteiger partial charge >= 0.3 is 12.3 Å². The molecule has 0 saturated heterocycles. The highest BCUT2D eigenvalue weighted by atomic mass is 19.4. The summed E-state index contributed by atoms with van der Waals surface area (Å²) < 4.78 is 47.5. The van der Waals surface area contributed by atoms with E-state index in [1.807, 2.05) is 36.4 Å². The van der Waals surface area contributed by atoms with Gasteiger partial charge in [0.1, 0.15) is 17.6 Å². The van der Waals surface area contributed by atoms with Crippen molar-refractivity contribution in [2.24, 2.45) is 5.92 Å². The summed E-state index contributed by atoms with van der Waals surface area (Å²) in [7, 11) is 0. The normalized spacial score (nSPS) is 12.2. The van der Waals surface area contributed by atoms with Gasteiger partial charge in [0, 0.05) is 12.1 Å². The number of amides is 1. The number of hydrogen-bond acceptors (Lipinski definition) is 4. The number of carboxylic acids is 1. The molecule has 2 N–H and O–H groups in total. The molecule has 0 spiro atoms. The molecule has 9 heteroatoms. The number of aliphatic carboxylic acids is 1. The van der Waals surface area contributed by atoms with Gasteiger partial charge in [-0.05, 0) is 65.4 Å². The lowest BCUT2D eigenvalue weighted by atomic mass is 9.98. The fraction of sp³-hybridized carbons (Fsp3) is 0.286. The molecule has 1 atom stereocenters. The van der Waals surface area contributed by atoms with E-state index >= 15 is 0 Å². The highest BCUT2D eigenvalue weighted by Crippen LogP contribution is 2.32. The van der Waals surface area contributed by atoms with E-state index in [4.69, 9.17) is 9.84 Å². The minimum Gasteiger partial charge on any atom is -0.486 e. The van der Waals surface area contributed by atoms with Crippen molar-refractivity contribution in [1.82, 2.24) is 5.32 Å². The molecular formula is C28H28F3NO5. The maximum absolute atomic E-state index is 12.4. The number of rotatable bonds is 11. The van der Waals surface area contributed by atoms with Gasteiger partial charge in [-0.2, -0.15) is 0 Å². The fourth-order valence-electron chi connectivity index (χ4n) is 3.68. The first-order valence-corrected chi connectivity index (χ1v) is 11.7. The maximum Gasteiger partial charge on any atom is 0.573 e. The van der Waals surface area contributed by atoms with Gasteiger partial charge in [0.2, 0.25) is 0 Å². The molecule has 0 heterocycles. The SMILES string of the molecule is CC(C)CC(Oc1cccc(-c2ccc(OC(F)(F)F)cc2)c1)c1ccc(C(=O)NCCC(=O)O)cc1.